The van der Waals surface area contributed by atoms with Gasteiger partial charge >= 0.3 is 0 Å². The normalized spacial score (nSPS) is 18.9. The molecule has 6 heteroatoms. The average Bonchev–Trinajstić information content (AvgIpc) is 3.01. The summed E-state index contributed by atoms with van der Waals surface area (Å²) >= 11 is 13.0. The fraction of sp³-hybridized carbons (Fsp3) is 0.0833. The molecule has 2 aliphatic rings. The van der Waals surface area contributed by atoms with E-state index in [1.807, 2.05) is 79.7 Å². The molecule has 1 unspecified atom stereocenters. The van der Waals surface area contributed by atoms with Gasteiger partial charge in [-0.2, -0.15) is 0 Å². The first kappa shape index (κ1) is 19.4. The van der Waals surface area contributed by atoms with Gasteiger partial charge in [0.05, 0.1) is 10.9 Å². The van der Waals surface area contributed by atoms with Crippen LogP contribution in [0.25, 0.3) is 6.08 Å². The van der Waals surface area contributed by atoms with Crippen molar-refractivity contribution >= 4 is 51.9 Å². The molecule has 5 rings (SSSR count). The van der Waals surface area contributed by atoms with Crippen LogP contribution in [0.15, 0.2) is 71.6 Å². The van der Waals surface area contributed by atoms with Gasteiger partial charge in [-0.3, -0.25) is 9.69 Å². The molecule has 1 amide bonds. The lowest BCUT2D eigenvalue weighted by molar-refractivity contribution is -0.123. The van der Waals surface area contributed by atoms with E-state index in [2.05, 4.69) is 0 Å². The number of ether oxygens (including phenoxy) is 1. The number of halogens is 1. The van der Waals surface area contributed by atoms with Crippen LogP contribution in [-0.4, -0.2) is 15.1 Å². The van der Waals surface area contributed by atoms with Crippen molar-refractivity contribution in [1.29, 1.82) is 0 Å². The number of hydrogen-bond acceptors (Lipinski definition) is 4. The monoisotopic (exact) mass is 449 g/mol. The number of nitrogens with zero attached hydrogens (tertiary/aromatic N) is 1. The SMILES string of the molecule is Cc1cccc2c1Oc1ccccc1C2N1C(=O)C(=Cc2ccc(Cl)cc2)SC1=S. The molecule has 0 aliphatic carbocycles. The number of hydrogen-bond donors (Lipinski definition) is 0. The molecule has 148 valence electrons. The first-order chi connectivity index (χ1) is 14.5. The van der Waals surface area contributed by atoms with Crippen LogP contribution in [0.2, 0.25) is 5.02 Å². The van der Waals surface area contributed by atoms with Crippen molar-refractivity contribution < 1.29 is 9.53 Å². The van der Waals surface area contributed by atoms with E-state index in [-0.39, 0.29) is 11.9 Å². The number of para-hydroxylation sites is 2. The lowest BCUT2D eigenvalue weighted by Crippen LogP contribution is -2.35. The maximum atomic E-state index is 13.5. The van der Waals surface area contributed by atoms with Crippen molar-refractivity contribution in [2.75, 3.05) is 0 Å². The van der Waals surface area contributed by atoms with Crippen LogP contribution in [-0.2, 0) is 4.79 Å². The minimum absolute atomic E-state index is 0.103. The number of benzene rings is 3. The maximum Gasteiger partial charge on any atom is 0.267 e. The fourth-order valence-electron chi connectivity index (χ4n) is 3.80. The van der Waals surface area contributed by atoms with Gasteiger partial charge in [0.2, 0.25) is 0 Å². The minimum atomic E-state index is -0.325. The summed E-state index contributed by atoms with van der Waals surface area (Å²) in [7, 11) is 0. The summed E-state index contributed by atoms with van der Waals surface area (Å²) in [6, 6.07) is 20.9. The van der Waals surface area contributed by atoms with Gasteiger partial charge in [0.15, 0.2) is 0 Å². The summed E-state index contributed by atoms with van der Waals surface area (Å²) in [5.74, 6) is 1.44. The lowest BCUT2D eigenvalue weighted by atomic mass is 9.92. The molecule has 0 saturated carbocycles. The Morgan fingerprint density at radius 2 is 1.77 bits per heavy atom. The Balaban J connectivity index is 1.60. The van der Waals surface area contributed by atoms with Crippen LogP contribution >= 0.6 is 35.6 Å². The molecule has 2 heterocycles. The molecule has 0 radical (unpaired) electrons. The molecule has 0 aromatic heterocycles. The van der Waals surface area contributed by atoms with E-state index in [1.54, 1.807) is 4.90 Å². The van der Waals surface area contributed by atoms with Crippen LogP contribution in [0.1, 0.15) is 28.3 Å². The van der Waals surface area contributed by atoms with E-state index in [0.717, 1.165) is 33.8 Å². The summed E-state index contributed by atoms with van der Waals surface area (Å²) in [5.41, 5.74) is 3.80. The topological polar surface area (TPSA) is 29.5 Å². The van der Waals surface area contributed by atoms with Crippen LogP contribution < -0.4 is 4.74 Å². The van der Waals surface area contributed by atoms with Gasteiger partial charge in [-0.05, 0) is 42.3 Å². The zero-order valence-electron chi connectivity index (χ0n) is 16.0. The Morgan fingerprint density at radius 3 is 2.57 bits per heavy atom. The van der Waals surface area contributed by atoms with Crippen LogP contribution in [0.5, 0.6) is 11.5 Å². The Kier molecular flexibility index (Phi) is 4.89. The van der Waals surface area contributed by atoms with E-state index >= 15 is 0 Å². The van der Waals surface area contributed by atoms with Gasteiger partial charge in [0.1, 0.15) is 15.8 Å². The molecule has 3 aromatic rings. The first-order valence-corrected chi connectivity index (χ1v) is 11.0. The van der Waals surface area contributed by atoms with Crippen molar-refractivity contribution in [2.45, 2.75) is 13.0 Å². The van der Waals surface area contributed by atoms with Gasteiger partial charge < -0.3 is 4.74 Å². The standard InChI is InChI=1S/C24H16ClNO2S2/c1-14-5-4-7-18-21(17-6-2-3-8-19(17)28-22(14)18)26-23(27)20(30-24(26)29)13-15-9-11-16(25)12-10-15/h2-13,21H,1H3. The summed E-state index contributed by atoms with van der Waals surface area (Å²) < 4.78 is 6.72. The molecule has 3 aromatic carbocycles. The Labute approximate surface area is 189 Å². The summed E-state index contributed by atoms with van der Waals surface area (Å²) in [6.07, 6.45) is 1.86. The molecule has 1 saturated heterocycles. The summed E-state index contributed by atoms with van der Waals surface area (Å²) in [4.78, 5) is 15.8. The molecule has 0 bridgehead atoms. The molecule has 1 fully saturated rings. The van der Waals surface area contributed by atoms with E-state index in [0.29, 0.717) is 14.2 Å². The molecular formula is C24H16ClNO2S2. The highest BCUT2D eigenvalue weighted by Gasteiger charge is 2.42. The highest BCUT2D eigenvalue weighted by molar-refractivity contribution is 8.26. The highest BCUT2D eigenvalue weighted by atomic mass is 35.5. The van der Waals surface area contributed by atoms with E-state index in [9.17, 15) is 4.79 Å². The Bertz CT molecular complexity index is 1220. The van der Waals surface area contributed by atoms with Crippen molar-refractivity contribution in [3.8, 4) is 11.5 Å². The average molecular weight is 450 g/mol. The van der Waals surface area contributed by atoms with Crippen molar-refractivity contribution in [2.24, 2.45) is 0 Å². The van der Waals surface area contributed by atoms with Gasteiger partial charge in [0, 0.05) is 16.1 Å². The van der Waals surface area contributed by atoms with Crippen molar-refractivity contribution in [1.82, 2.24) is 4.90 Å². The lowest BCUT2D eigenvalue weighted by Gasteiger charge is -2.34. The van der Waals surface area contributed by atoms with Crippen LogP contribution in [0.3, 0.4) is 0 Å². The van der Waals surface area contributed by atoms with Gasteiger partial charge in [0.25, 0.3) is 5.91 Å². The highest BCUT2D eigenvalue weighted by Crippen LogP contribution is 2.50. The van der Waals surface area contributed by atoms with Crippen LogP contribution in [0.4, 0.5) is 0 Å². The van der Waals surface area contributed by atoms with Crippen molar-refractivity contribution in [3.05, 3.63) is 98.9 Å². The summed E-state index contributed by atoms with van der Waals surface area (Å²) in [6.45, 7) is 2.01. The molecule has 0 spiro atoms. The second-order valence-corrected chi connectivity index (χ2v) is 9.25. The number of amides is 1. The second kappa shape index (κ2) is 7.58. The number of aryl methyl sites for hydroxylation is 1. The predicted octanol–water partition coefficient (Wildman–Crippen LogP) is 6.74. The van der Waals surface area contributed by atoms with Crippen molar-refractivity contribution in [3.63, 3.8) is 0 Å². The number of carbonyl (C=O) groups is 1. The quantitative estimate of drug-likeness (QED) is 0.320. The smallest absolute Gasteiger partial charge is 0.267 e. The number of thiocarbonyl (C=S) groups is 1. The third-order valence-corrected chi connectivity index (χ3v) is 6.79. The number of rotatable bonds is 2. The van der Waals surface area contributed by atoms with E-state index < -0.39 is 0 Å². The third kappa shape index (κ3) is 3.23. The fourth-order valence-corrected chi connectivity index (χ4v) is 5.24. The molecule has 0 N–H and O–H groups in total. The number of fused-ring (bicyclic) bond motifs is 2. The molecule has 1 atom stereocenters. The van der Waals surface area contributed by atoms with E-state index in [4.69, 9.17) is 28.6 Å². The molecule has 30 heavy (non-hydrogen) atoms. The minimum Gasteiger partial charge on any atom is -0.456 e. The Morgan fingerprint density at radius 1 is 1.03 bits per heavy atom. The van der Waals surface area contributed by atoms with Crippen LogP contribution in [0, 0.1) is 6.92 Å². The van der Waals surface area contributed by atoms with Gasteiger partial charge in [-0.15, -0.1) is 0 Å². The number of carbonyl (C=O) groups excluding carboxylic acids is 1. The molecular weight excluding hydrogens is 434 g/mol. The molecule has 3 nitrogen and oxygen atoms in total. The maximum absolute atomic E-state index is 13.5. The first-order valence-electron chi connectivity index (χ1n) is 9.42. The Hall–Kier alpha value is -2.60. The third-order valence-electron chi connectivity index (χ3n) is 5.21. The predicted molar refractivity (Wildman–Crippen MR) is 126 cm³/mol. The van der Waals surface area contributed by atoms with Gasteiger partial charge in [-0.1, -0.05) is 84.1 Å². The van der Waals surface area contributed by atoms with Gasteiger partial charge in [-0.25, -0.2) is 0 Å². The zero-order valence-corrected chi connectivity index (χ0v) is 18.4. The largest absolute Gasteiger partial charge is 0.456 e. The number of thioether (sulfide) groups is 1. The second-order valence-electron chi connectivity index (χ2n) is 7.14. The molecule has 2 aliphatic heterocycles. The zero-order chi connectivity index (χ0) is 20.8. The van der Waals surface area contributed by atoms with E-state index in [1.165, 1.54) is 11.8 Å². The summed E-state index contributed by atoms with van der Waals surface area (Å²) in [5, 5.41) is 0.658.